The topological polar surface area (TPSA) is 67.4 Å². The molecule has 6 nitrogen and oxygen atoms in total. The molecule has 1 fully saturated rings. The number of ether oxygens (including phenoxy) is 1. The number of piperidine rings is 1. The zero-order chi connectivity index (χ0) is 17.6. The molecule has 6 heteroatoms. The molecule has 132 valence electrons. The molecule has 0 spiro atoms. The van der Waals surface area contributed by atoms with E-state index in [1.165, 1.54) is 26.4 Å². The summed E-state index contributed by atoms with van der Waals surface area (Å²) >= 11 is 0. The van der Waals surface area contributed by atoms with Gasteiger partial charge in [0.15, 0.2) is 0 Å². The Labute approximate surface area is 148 Å². The number of carbonyl (C=O) groups is 1. The number of hydrogen-bond acceptors (Lipinski definition) is 6. The largest absolute Gasteiger partial charge is 0.465 e. The number of aromatic nitrogens is 2. The van der Waals surface area contributed by atoms with Gasteiger partial charge < -0.3 is 15.0 Å². The molecular formula is C19H24N4O2. The molecule has 3 rings (SSSR count). The molecule has 2 heterocycles. The molecule has 25 heavy (non-hydrogen) atoms. The number of nitrogens with zero attached hydrogens (tertiary/aromatic N) is 3. The van der Waals surface area contributed by atoms with Crippen LogP contribution in [0.2, 0.25) is 0 Å². The molecular weight excluding hydrogens is 316 g/mol. The Kier molecular flexibility index (Phi) is 5.48. The van der Waals surface area contributed by atoms with Crippen molar-refractivity contribution in [1.29, 1.82) is 0 Å². The van der Waals surface area contributed by atoms with Crippen LogP contribution in [0.4, 0.5) is 17.3 Å². The summed E-state index contributed by atoms with van der Waals surface area (Å²) < 4.78 is 4.71. The second kappa shape index (κ2) is 7.96. The van der Waals surface area contributed by atoms with Crippen LogP contribution >= 0.6 is 0 Å². The molecule has 0 amide bonds. The van der Waals surface area contributed by atoms with Gasteiger partial charge in [-0.2, -0.15) is 0 Å². The Balaban J connectivity index is 1.74. The normalized spacial score (nSPS) is 17.2. The van der Waals surface area contributed by atoms with Crippen LogP contribution in [0.3, 0.4) is 0 Å². The summed E-state index contributed by atoms with van der Waals surface area (Å²) in [6.45, 7) is 3.27. The first-order valence-corrected chi connectivity index (χ1v) is 8.75. The summed E-state index contributed by atoms with van der Waals surface area (Å²) in [5.74, 6) is 1.37. The molecule has 1 aliphatic rings. The number of anilines is 3. The summed E-state index contributed by atoms with van der Waals surface area (Å²) in [5, 5.41) is 3.27. The van der Waals surface area contributed by atoms with Gasteiger partial charge in [-0.3, -0.25) is 0 Å². The smallest absolute Gasteiger partial charge is 0.337 e. The van der Waals surface area contributed by atoms with Gasteiger partial charge in [0.2, 0.25) is 0 Å². The highest BCUT2D eigenvalue weighted by Crippen LogP contribution is 2.26. The molecule has 1 aromatic heterocycles. The van der Waals surface area contributed by atoms with Crippen LogP contribution in [0.25, 0.3) is 0 Å². The summed E-state index contributed by atoms with van der Waals surface area (Å²) in [5.41, 5.74) is 1.39. The lowest BCUT2D eigenvalue weighted by molar-refractivity contribution is 0.0601. The Morgan fingerprint density at radius 1 is 1.28 bits per heavy atom. The molecule has 1 N–H and O–H groups in total. The van der Waals surface area contributed by atoms with Crippen molar-refractivity contribution >= 4 is 23.3 Å². The highest BCUT2D eigenvalue weighted by Gasteiger charge is 2.22. The van der Waals surface area contributed by atoms with E-state index in [-0.39, 0.29) is 5.97 Å². The molecule has 1 aromatic carbocycles. The fraction of sp³-hybridized carbons (Fsp3) is 0.421. The number of carbonyl (C=O) groups excluding carboxylic acids is 1. The Hall–Kier alpha value is -2.63. The van der Waals surface area contributed by atoms with Crippen LogP contribution < -0.4 is 10.2 Å². The van der Waals surface area contributed by atoms with Crippen LogP contribution in [0.1, 0.15) is 43.0 Å². The number of hydrogen-bond donors (Lipinski definition) is 1. The summed E-state index contributed by atoms with van der Waals surface area (Å²) in [4.78, 5) is 22.7. The number of rotatable bonds is 5. The van der Waals surface area contributed by atoms with E-state index in [1.807, 2.05) is 18.2 Å². The SMILES string of the molecule is CCC1CCCCN1c1cc(Nc2ccc(C(=O)OC)cc2)ncn1. The highest BCUT2D eigenvalue weighted by molar-refractivity contribution is 5.89. The fourth-order valence-electron chi connectivity index (χ4n) is 3.25. The van der Waals surface area contributed by atoms with Crippen molar-refractivity contribution in [1.82, 2.24) is 9.97 Å². The first-order chi connectivity index (χ1) is 12.2. The van der Waals surface area contributed by atoms with Crippen molar-refractivity contribution in [2.45, 2.75) is 38.6 Å². The highest BCUT2D eigenvalue weighted by atomic mass is 16.5. The maximum atomic E-state index is 11.5. The van der Waals surface area contributed by atoms with Gasteiger partial charge in [-0.05, 0) is 49.9 Å². The van der Waals surface area contributed by atoms with Crippen LogP contribution in [0.15, 0.2) is 36.7 Å². The Bertz CT molecular complexity index is 718. The van der Waals surface area contributed by atoms with Gasteiger partial charge in [0.1, 0.15) is 18.0 Å². The maximum absolute atomic E-state index is 11.5. The van der Waals surface area contributed by atoms with Crippen LogP contribution in [-0.2, 0) is 4.74 Å². The van der Waals surface area contributed by atoms with Gasteiger partial charge in [0.25, 0.3) is 0 Å². The zero-order valence-electron chi connectivity index (χ0n) is 14.7. The van der Waals surface area contributed by atoms with E-state index in [1.54, 1.807) is 18.5 Å². The standard InChI is InChI=1S/C19H24N4O2/c1-3-16-6-4-5-11-23(16)18-12-17(20-13-21-18)22-15-9-7-14(8-10-15)19(24)25-2/h7-10,12-13,16H,3-6,11H2,1-2H3,(H,20,21,22). The van der Waals surface area contributed by atoms with Crippen molar-refractivity contribution in [3.05, 3.63) is 42.2 Å². The minimum Gasteiger partial charge on any atom is -0.465 e. The molecule has 1 saturated heterocycles. The molecule has 1 atom stereocenters. The molecule has 1 unspecified atom stereocenters. The number of nitrogens with one attached hydrogen (secondary N) is 1. The number of methoxy groups -OCH3 is 1. The molecule has 0 radical (unpaired) electrons. The van der Waals surface area contributed by atoms with Crippen molar-refractivity contribution < 1.29 is 9.53 Å². The van der Waals surface area contributed by atoms with Gasteiger partial charge in [0, 0.05) is 24.3 Å². The quantitative estimate of drug-likeness (QED) is 0.836. The molecule has 0 saturated carbocycles. The zero-order valence-corrected chi connectivity index (χ0v) is 14.7. The average molecular weight is 340 g/mol. The lowest BCUT2D eigenvalue weighted by Crippen LogP contribution is -2.39. The monoisotopic (exact) mass is 340 g/mol. The molecule has 0 bridgehead atoms. The van der Waals surface area contributed by atoms with Crippen molar-refractivity contribution in [3.63, 3.8) is 0 Å². The minimum atomic E-state index is -0.341. The maximum Gasteiger partial charge on any atom is 0.337 e. The predicted molar refractivity (Wildman–Crippen MR) is 98.4 cm³/mol. The lowest BCUT2D eigenvalue weighted by atomic mass is 10.0. The Morgan fingerprint density at radius 2 is 2.08 bits per heavy atom. The summed E-state index contributed by atoms with van der Waals surface area (Å²) in [7, 11) is 1.38. The summed E-state index contributed by atoms with van der Waals surface area (Å²) in [6.07, 6.45) is 6.44. The summed E-state index contributed by atoms with van der Waals surface area (Å²) in [6, 6.07) is 9.67. The van der Waals surface area contributed by atoms with E-state index < -0.39 is 0 Å². The third-order valence-electron chi connectivity index (χ3n) is 4.62. The van der Waals surface area contributed by atoms with Crippen molar-refractivity contribution in [2.75, 3.05) is 23.9 Å². The van der Waals surface area contributed by atoms with Crippen molar-refractivity contribution in [2.24, 2.45) is 0 Å². The van der Waals surface area contributed by atoms with Gasteiger partial charge >= 0.3 is 5.97 Å². The van der Waals surface area contributed by atoms with E-state index in [0.29, 0.717) is 11.6 Å². The van der Waals surface area contributed by atoms with Gasteiger partial charge in [-0.1, -0.05) is 6.92 Å². The van der Waals surface area contributed by atoms with Crippen molar-refractivity contribution in [3.8, 4) is 0 Å². The van der Waals surface area contributed by atoms with Crippen LogP contribution in [0, 0.1) is 0 Å². The van der Waals surface area contributed by atoms with E-state index in [4.69, 9.17) is 4.74 Å². The van der Waals surface area contributed by atoms with Crippen LogP contribution in [-0.4, -0.2) is 35.6 Å². The number of esters is 1. The second-order valence-corrected chi connectivity index (χ2v) is 6.21. The fourth-order valence-corrected chi connectivity index (χ4v) is 3.25. The molecule has 2 aromatic rings. The first kappa shape index (κ1) is 17.2. The molecule has 1 aliphatic heterocycles. The third kappa shape index (κ3) is 4.07. The van der Waals surface area contributed by atoms with Crippen LogP contribution in [0.5, 0.6) is 0 Å². The van der Waals surface area contributed by atoms with E-state index >= 15 is 0 Å². The molecule has 0 aliphatic carbocycles. The van der Waals surface area contributed by atoms with E-state index in [2.05, 4.69) is 27.1 Å². The average Bonchev–Trinajstić information content (AvgIpc) is 2.68. The number of benzene rings is 1. The second-order valence-electron chi connectivity index (χ2n) is 6.21. The predicted octanol–water partition coefficient (Wildman–Crippen LogP) is 3.78. The van der Waals surface area contributed by atoms with Gasteiger partial charge in [-0.15, -0.1) is 0 Å². The van der Waals surface area contributed by atoms with Gasteiger partial charge in [0.05, 0.1) is 12.7 Å². The first-order valence-electron chi connectivity index (χ1n) is 8.75. The lowest BCUT2D eigenvalue weighted by Gasteiger charge is -2.36. The van der Waals surface area contributed by atoms with E-state index in [0.717, 1.165) is 30.3 Å². The third-order valence-corrected chi connectivity index (χ3v) is 4.62. The van der Waals surface area contributed by atoms with Gasteiger partial charge in [-0.25, -0.2) is 14.8 Å². The minimum absolute atomic E-state index is 0.341. The van der Waals surface area contributed by atoms with E-state index in [9.17, 15) is 4.79 Å². The Morgan fingerprint density at radius 3 is 2.80 bits per heavy atom.